The van der Waals surface area contributed by atoms with E-state index in [0.29, 0.717) is 13.2 Å². The molecule has 0 aliphatic rings. The lowest BCUT2D eigenvalue weighted by molar-refractivity contribution is 0.128. The van der Waals surface area contributed by atoms with Gasteiger partial charge < -0.3 is 10.1 Å². The highest BCUT2D eigenvalue weighted by Gasteiger charge is 2.09. The van der Waals surface area contributed by atoms with Gasteiger partial charge in [0.25, 0.3) is 0 Å². The molecule has 1 aromatic heterocycles. The first-order valence-corrected chi connectivity index (χ1v) is 6.40. The highest BCUT2D eigenvalue weighted by Crippen LogP contribution is 2.16. The van der Waals surface area contributed by atoms with E-state index in [0.717, 1.165) is 42.3 Å². The summed E-state index contributed by atoms with van der Waals surface area (Å²) in [7, 11) is 0. The Morgan fingerprint density at radius 2 is 1.94 bits per heavy atom. The van der Waals surface area contributed by atoms with Crippen molar-refractivity contribution in [2.75, 3.05) is 18.5 Å². The molecule has 0 radical (unpaired) electrons. The lowest BCUT2D eigenvalue weighted by Gasteiger charge is -2.12. The van der Waals surface area contributed by atoms with Crippen LogP contribution in [0.5, 0.6) is 0 Å². The Morgan fingerprint density at radius 3 is 2.53 bits per heavy atom. The summed E-state index contributed by atoms with van der Waals surface area (Å²) >= 11 is 0. The smallest absolute Gasteiger partial charge is 0.156 e. The topological polar surface area (TPSA) is 47.0 Å². The molecule has 0 saturated carbocycles. The molecular weight excluding hydrogens is 214 g/mol. The molecule has 1 N–H and O–H groups in total. The normalized spacial score (nSPS) is 10.6. The van der Waals surface area contributed by atoms with E-state index in [-0.39, 0.29) is 0 Å². The first-order chi connectivity index (χ1) is 8.22. The number of ether oxygens (including phenoxy) is 1. The molecule has 0 aliphatic carbocycles. The van der Waals surface area contributed by atoms with Gasteiger partial charge in [-0.25, -0.2) is 9.97 Å². The number of aryl methyl sites for hydroxylation is 1. The highest BCUT2D eigenvalue weighted by molar-refractivity contribution is 5.45. The van der Waals surface area contributed by atoms with Gasteiger partial charge in [-0.1, -0.05) is 13.8 Å². The maximum absolute atomic E-state index is 5.37. The number of nitrogens with one attached hydrogen (secondary N) is 1. The lowest BCUT2D eigenvalue weighted by atomic mass is 10.2. The van der Waals surface area contributed by atoms with E-state index >= 15 is 0 Å². The third-order valence-corrected chi connectivity index (χ3v) is 2.61. The van der Waals surface area contributed by atoms with Gasteiger partial charge in [-0.2, -0.15) is 0 Å². The van der Waals surface area contributed by atoms with Crippen LogP contribution in [0.2, 0.25) is 0 Å². The Balaban J connectivity index is 2.92. The predicted molar refractivity (Wildman–Crippen MR) is 70.3 cm³/mol. The molecule has 0 spiro atoms. The van der Waals surface area contributed by atoms with E-state index in [2.05, 4.69) is 36.1 Å². The summed E-state index contributed by atoms with van der Waals surface area (Å²) < 4.78 is 5.37. The summed E-state index contributed by atoms with van der Waals surface area (Å²) in [4.78, 5) is 9.03. The molecule has 1 heterocycles. The monoisotopic (exact) mass is 237 g/mol. The van der Waals surface area contributed by atoms with Gasteiger partial charge in [0.05, 0.1) is 0 Å². The average molecular weight is 237 g/mol. The zero-order chi connectivity index (χ0) is 12.7. The summed E-state index contributed by atoms with van der Waals surface area (Å²) in [5.41, 5.74) is 2.26. The van der Waals surface area contributed by atoms with Gasteiger partial charge in [0.1, 0.15) is 12.4 Å². The van der Waals surface area contributed by atoms with Crippen molar-refractivity contribution in [3.63, 3.8) is 0 Å². The summed E-state index contributed by atoms with van der Waals surface area (Å²) in [5, 5.41) is 3.35. The van der Waals surface area contributed by atoms with Gasteiger partial charge in [0, 0.05) is 24.4 Å². The van der Waals surface area contributed by atoms with Crippen molar-refractivity contribution in [3.8, 4) is 0 Å². The van der Waals surface area contributed by atoms with Crippen molar-refractivity contribution < 1.29 is 4.74 Å². The minimum Gasteiger partial charge on any atom is -0.374 e. The molecule has 4 nitrogen and oxygen atoms in total. The van der Waals surface area contributed by atoms with Crippen LogP contribution < -0.4 is 5.32 Å². The van der Waals surface area contributed by atoms with E-state index in [1.165, 1.54) is 0 Å². The fourth-order valence-electron chi connectivity index (χ4n) is 1.63. The number of hydrogen-bond acceptors (Lipinski definition) is 4. The van der Waals surface area contributed by atoms with Crippen molar-refractivity contribution in [1.29, 1.82) is 0 Å². The molecule has 0 aromatic carbocycles. The zero-order valence-corrected chi connectivity index (χ0v) is 11.3. The molecule has 96 valence electrons. The Labute approximate surface area is 104 Å². The summed E-state index contributed by atoms with van der Waals surface area (Å²) in [6.07, 6.45) is 2.01. The quantitative estimate of drug-likeness (QED) is 0.792. The second-order valence-corrected chi connectivity index (χ2v) is 3.98. The van der Waals surface area contributed by atoms with Crippen LogP contribution in [0, 0.1) is 6.92 Å². The van der Waals surface area contributed by atoms with Gasteiger partial charge in [0.15, 0.2) is 5.82 Å². The van der Waals surface area contributed by atoms with Crippen LogP contribution >= 0.6 is 0 Å². The predicted octanol–water partition coefficient (Wildman–Crippen LogP) is 2.71. The van der Waals surface area contributed by atoms with E-state index in [9.17, 15) is 0 Å². The first-order valence-electron chi connectivity index (χ1n) is 6.40. The average Bonchev–Trinajstić information content (AvgIpc) is 2.35. The molecule has 0 amide bonds. The minimum absolute atomic E-state index is 0.491. The van der Waals surface area contributed by atoms with Gasteiger partial charge in [-0.05, 0) is 26.7 Å². The van der Waals surface area contributed by atoms with Gasteiger partial charge >= 0.3 is 0 Å². The maximum Gasteiger partial charge on any atom is 0.156 e. The number of anilines is 1. The molecule has 0 aliphatic heterocycles. The van der Waals surface area contributed by atoms with E-state index in [4.69, 9.17) is 4.74 Å². The molecule has 0 fully saturated rings. The summed E-state index contributed by atoms with van der Waals surface area (Å²) in [5.74, 6) is 1.72. The van der Waals surface area contributed by atoms with Crippen molar-refractivity contribution >= 4 is 5.82 Å². The third kappa shape index (κ3) is 3.97. The summed E-state index contributed by atoms with van der Waals surface area (Å²) in [6, 6.07) is 0. The lowest BCUT2D eigenvalue weighted by Crippen LogP contribution is -2.11. The van der Waals surface area contributed by atoms with Crippen LogP contribution in [0.3, 0.4) is 0 Å². The fourth-order valence-corrected chi connectivity index (χ4v) is 1.63. The number of rotatable bonds is 7. The minimum atomic E-state index is 0.491. The van der Waals surface area contributed by atoms with Crippen LogP contribution in [0.4, 0.5) is 5.82 Å². The van der Waals surface area contributed by atoms with Crippen molar-refractivity contribution in [2.45, 2.75) is 47.1 Å². The molecule has 0 saturated heterocycles. The van der Waals surface area contributed by atoms with Crippen LogP contribution in [0.25, 0.3) is 0 Å². The van der Waals surface area contributed by atoms with Crippen molar-refractivity contribution in [2.24, 2.45) is 0 Å². The van der Waals surface area contributed by atoms with Crippen LogP contribution in [0.1, 0.15) is 44.3 Å². The molecule has 0 bridgehead atoms. The second-order valence-electron chi connectivity index (χ2n) is 3.98. The van der Waals surface area contributed by atoms with Crippen molar-refractivity contribution in [1.82, 2.24) is 9.97 Å². The molecule has 1 aromatic rings. The maximum atomic E-state index is 5.37. The molecule has 1 rings (SSSR count). The Hall–Kier alpha value is -1.16. The molecule has 0 unspecified atom stereocenters. The van der Waals surface area contributed by atoms with E-state index in [1.54, 1.807) is 0 Å². The van der Waals surface area contributed by atoms with Gasteiger partial charge in [-0.3, -0.25) is 0 Å². The Kier molecular flexibility index (Phi) is 5.91. The number of hydrogen-bond donors (Lipinski definition) is 1. The SMILES string of the molecule is CCCNc1nc(COCC)nc(CC)c1C. The molecule has 4 heteroatoms. The second kappa shape index (κ2) is 7.22. The van der Waals surface area contributed by atoms with Crippen LogP contribution in [-0.2, 0) is 17.8 Å². The van der Waals surface area contributed by atoms with Crippen LogP contribution in [0.15, 0.2) is 0 Å². The number of nitrogens with zero attached hydrogens (tertiary/aromatic N) is 2. The fraction of sp³-hybridized carbons (Fsp3) is 0.692. The molecule has 17 heavy (non-hydrogen) atoms. The van der Waals surface area contributed by atoms with Gasteiger partial charge in [0.2, 0.25) is 0 Å². The molecule has 0 atom stereocenters. The molecular formula is C13H23N3O. The number of aromatic nitrogens is 2. The van der Waals surface area contributed by atoms with Crippen LogP contribution in [-0.4, -0.2) is 23.1 Å². The largest absolute Gasteiger partial charge is 0.374 e. The third-order valence-electron chi connectivity index (χ3n) is 2.61. The standard InChI is InChI=1S/C13H23N3O/c1-5-8-14-13-10(4)11(6-2)15-12(16-13)9-17-7-3/h5-9H2,1-4H3,(H,14,15,16). The van der Waals surface area contributed by atoms with E-state index in [1.807, 2.05) is 6.92 Å². The Bertz CT molecular complexity index is 353. The van der Waals surface area contributed by atoms with E-state index < -0.39 is 0 Å². The highest BCUT2D eigenvalue weighted by atomic mass is 16.5. The zero-order valence-electron chi connectivity index (χ0n) is 11.3. The Morgan fingerprint density at radius 1 is 1.18 bits per heavy atom. The van der Waals surface area contributed by atoms with Gasteiger partial charge in [-0.15, -0.1) is 0 Å². The van der Waals surface area contributed by atoms with Crippen molar-refractivity contribution in [3.05, 3.63) is 17.1 Å². The first kappa shape index (κ1) is 13.9. The summed E-state index contributed by atoms with van der Waals surface area (Å²) in [6.45, 7) is 10.4.